The van der Waals surface area contributed by atoms with Gasteiger partial charge < -0.3 is 15.2 Å². The molecule has 0 saturated heterocycles. The van der Waals surface area contributed by atoms with Gasteiger partial charge in [-0.1, -0.05) is 30.4 Å². The molecule has 3 nitrogen and oxygen atoms in total. The number of hydrogen-bond acceptors (Lipinski definition) is 3. The summed E-state index contributed by atoms with van der Waals surface area (Å²) >= 11 is 4.80. The molecule has 0 fully saturated rings. The third-order valence-corrected chi connectivity index (χ3v) is 3.07. The fraction of sp³-hybridized carbons (Fsp3) is 0.133. The van der Waals surface area contributed by atoms with E-state index in [-0.39, 0.29) is 34.2 Å². The van der Waals surface area contributed by atoms with E-state index in [4.69, 9.17) is 27.4 Å². The molecule has 2 rings (SSSR count). The van der Waals surface area contributed by atoms with Crippen LogP contribution >= 0.6 is 12.2 Å². The molecular formula is C15H13F2NO2S. The standard InChI is InChI=1S/C15H13F2NO2S/c1-19-12-7-2-4-9(14(12)17)8-20-11-6-3-5-10(16)13(11)15(18)21/h2-7H,8H2,1H3,(H2,18,21). The fourth-order valence-corrected chi connectivity index (χ4v) is 2.04. The average Bonchev–Trinajstić information content (AvgIpc) is 2.45. The number of nitrogens with two attached hydrogens (primary N) is 1. The van der Waals surface area contributed by atoms with Gasteiger partial charge in [0.1, 0.15) is 23.2 Å². The average molecular weight is 309 g/mol. The van der Waals surface area contributed by atoms with E-state index >= 15 is 0 Å². The Morgan fingerprint density at radius 2 is 1.81 bits per heavy atom. The van der Waals surface area contributed by atoms with E-state index in [0.717, 1.165) is 0 Å². The van der Waals surface area contributed by atoms with Gasteiger partial charge in [0.25, 0.3) is 0 Å². The summed E-state index contributed by atoms with van der Waals surface area (Å²) in [4.78, 5) is -0.116. The quantitative estimate of drug-likeness (QED) is 0.862. The van der Waals surface area contributed by atoms with Crippen molar-refractivity contribution in [3.63, 3.8) is 0 Å². The molecule has 0 spiro atoms. The van der Waals surface area contributed by atoms with Gasteiger partial charge in [-0.15, -0.1) is 0 Å². The molecule has 0 radical (unpaired) electrons. The largest absolute Gasteiger partial charge is 0.494 e. The predicted octanol–water partition coefficient (Wildman–Crippen LogP) is 3.19. The van der Waals surface area contributed by atoms with E-state index < -0.39 is 11.6 Å². The minimum atomic E-state index is -0.578. The lowest BCUT2D eigenvalue weighted by Gasteiger charge is -2.12. The Balaban J connectivity index is 2.25. The molecule has 0 aliphatic carbocycles. The number of thiocarbonyl (C=S) groups is 1. The van der Waals surface area contributed by atoms with Crippen LogP contribution in [0.2, 0.25) is 0 Å². The minimum absolute atomic E-state index is 0.0100. The zero-order chi connectivity index (χ0) is 15.4. The molecule has 0 aliphatic rings. The molecule has 0 heterocycles. The van der Waals surface area contributed by atoms with Crippen LogP contribution in [-0.2, 0) is 6.61 Å². The minimum Gasteiger partial charge on any atom is -0.494 e. The first-order valence-corrected chi connectivity index (χ1v) is 6.48. The van der Waals surface area contributed by atoms with Crippen molar-refractivity contribution < 1.29 is 18.3 Å². The van der Waals surface area contributed by atoms with E-state index in [0.29, 0.717) is 0 Å². The van der Waals surface area contributed by atoms with Gasteiger partial charge in [-0.2, -0.15) is 0 Å². The second-order valence-corrected chi connectivity index (χ2v) is 4.64. The SMILES string of the molecule is COc1cccc(COc2cccc(F)c2C(N)=S)c1F. The van der Waals surface area contributed by atoms with Crippen LogP contribution in [0.5, 0.6) is 11.5 Å². The third-order valence-electron chi connectivity index (χ3n) is 2.87. The summed E-state index contributed by atoms with van der Waals surface area (Å²) in [6, 6.07) is 8.91. The predicted molar refractivity (Wildman–Crippen MR) is 79.6 cm³/mol. The highest BCUT2D eigenvalue weighted by molar-refractivity contribution is 7.80. The van der Waals surface area contributed by atoms with Crippen LogP contribution < -0.4 is 15.2 Å². The van der Waals surface area contributed by atoms with Gasteiger partial charge in [0.2, 0.25) is 0 Å². The lowest BCUT2D eigenvalue weighted by Crippen LogP contribution is -2.14. The third kappa shape index (κ3) is 3.28. The Labute approximate surface area is 126 Å². The molecule has 0 aromatic heterocycles. The van der Waals surface area contributed by atoms with Gasteiger partial charge in [-0.3, -0.25) is 0 Å². The highest BCUT2D eigenvalue weighted by Gasteiger charge is 2.14. The first-order chi connectivity index (χ1) is 10.0. The molecular weight excluding hydrogens is 296 g/mol. The smallest absolute Gasteiger partial charge is 0.171 e. The Hall–Kier alpha value is -2.21. The first-order valence-electron chi connectivity index (χ1n) is 6.07. The fourth-order valence-electron chi connectivity index (χ4n) is 1.84. The van der Waals surface area contributed by atoms with Crippen molar-refractivity contribution in [2.24, 2.45) is 5.73 Å². The summed E-state index contributed by atoms with van der Waals surface area (Å²) in [5, 5.41) is 0. The van der Waals surface area contributed by atoms with Gasteiger partial charge in [-0.25, -0.2) is 8.78 Å². The molecule has 0 saturated carbocycles. The maximum absolute atomic E-state index is 14.0. The van der Waals surface area contributed by atoms with Crippen LogP contribution in [0.4, 0.5) is 8.78 Å². The van der Waals surface area contributed by atoms with E-state index in [2.05, 4.69) is 0 Å². The second-order valence-electron chi connectivity index (χ2n) is 4.20. The van der Waals surface area contributed by atoms with E-state index in [1.165, 1.54) is 31.4 Å². The highest BCUT2D eigenvalue weighted by atomic mass is 32.1. The van der Waals surface area contributed by atoms with Gasteiger partial charge >= 0.3 is 0 Å². The summed E-state index contributed by atoms with van der Waals surface area (Å²) in [5.41, 5.74) is 5.77. The Bertz CT molecular complexity index is 677. The van der Waals surface area contributed by atoms with Crippen molar-refractivity contribution in [1.82, 2.24) is 0 Å². The zero-order valence-electron chi connectivity index (χ0n) is 11.2. The number of methoxy groups -OCH3 is 1. The molecule has 0 aliphatic heterocycles. The monoisotopic (exact) mass is 309 g/mol. The van der Waals surface area contributed by atoms with E-state index in [9.17, 15) is 8.78 Å². The maximum atomic E-state index is 14.0. The molecule has 21 heavy (non-hydrogen) atoms. The molecule has 2 aromatic rings. The van der Waals surface area contributed by atoms with E-state index in [1.54, 1.807) is 12.1 Å². The Morgan fingerprint density at radius 3 is 2.48 bits per heavy atom. The zero-order valence-corrected chi connectivity index (χ0v) is 12.0. The van der Waals surface area contributed by atoms with Crippen LogP contribution in [0.15, 0.2) is 36.4 Å². The molecule has 0 unspecified atom stereocenters. The topological polar surface area (TPSA) is 44.5 Å². The first kappa shape index (κ1) is 15.2. The summed E-state index contributed by atoms with van der Waals surface area (Å²) in [7, 11) is 1.38. The molecule has 2 aromatic carbocycles. The van der Waals surface area contributed by atoms with Crippen molar-refractivity contribution in [2.45, 2.75) is 6.61 Å². The van der Waals surface area contributed by atoms with Crippen molar-refractivity contribution in [3.05, 3.63) is 59.2 Å². The van der Waals surface area contributed by atoms with Crippen LogP contribution in [0, 0.1) is 11.6 Å². The van der Waals surface area contributed by atoms with Gasteiger partial charge in [0, 0.05) is 5.56 Å². The Morgan fingerprint density at radius 1 is 1.14 bits per heavy atom. The van der Waals surface area contributed by atoms with Crippen LogP contribution in [0.25, 0.3) is 0 Å². The molecule has 110 valence electrons. The van der Waals surface area contributed by atoms with Crippen molar-refractivity contribution in [2.75, 3.05) is 7.11 Å². The van der Waals surface area contributed by atoms with Crippen molar-refractivity contribution >= 4 is 17.2 Å². The van der Waals surface area contributed by atoms with Gasteiger partial charge in [-0.05, 0) is 18.2 Å². The number of rotatable bonds is 5. The van der Waals surface area contributed by atoms with E-state index in [1.807, 2.05) is 0 Å². The van der Waals surface area contributed by atoms with Gasteiger partial charge in [0.05, 0.1) is 12.7 Å². The number of halogens is 2. The maximum Gasteiger partial charge on any atom is 0.171 e. The lowest BCUT2D eigenvalue weighted by molar-refractivity contribution is 0.293. The van der Waals surface area contributed by atoms with Gasteiger partial charge in [0.15, 0.2) is 11.6 Å². The number of hydrogen-bond donors (Lipinski definition) is 1. The molecule has 2 N–H and O–H groups in total. The van der Waals surface area contributed by atoms with Crippen LogP contribution in [0.1, 0.15) is 11.1 Å². The molecule has 0 amide bonds. The van der Waals surface area contributed by atoms with Crippen LogP contribution in [0.3, 0.4) is 0 Å². The summed E-state index contributed by atoms with van der Waals surface area (Å²) in [6.07, 6.45) is 0. The Kier molecular flexibility index (Phi) is 4.70. The summed E-state index contributed by atoms with van der Waals surface area (Å²) < 4.78 is 38.0. The van der Waals surface area contributed by atoms with Crippen molar-refractivity contribution in [1.29, 1.82) is 0 Å². The van der Waals surface area contributed by atoms with Crippen molar-refractivity contribution in [3.8, 4) is 11.5 Å². The normalized spacial score (nSPS) is 10.2. The summed E-state index contributed by atoms with van der Waals surface area (Å²) in [6.45, 7) is -0.0951. The lowest BCUT2D eigenvalue weighted by atomic mass is 10.2. The van der Waals surface area contributed by atoms with Crippen LogP contribution in [-0.4, -0.2) is 12.1 Å². The summed E-state index contributed by atoms with van der Waals surface area (Å²) in [5.74, 6) is -0.811. The molecule has 0 atom stereocenters. The molecule has 0 bridgehead atoms. The number of ether oxygens (including phenoxy) is 2. The highest BCUT2D eigenvalue weighted by Crippen LogP contribution is 2.25. The second kappa shape index (κ2) is 6.49. The number of benzene rings is 2. The molecule has 6 heteroatoms.